The third-order valence-corrected chi connectivity index (χ3v) is 4.54. The molecule has 1 saturated heterocycles. The molecule has 1 fully saturated rings. The standard InChI is InChI=1S/C17H21N3O3/c1-19-8-7-18-16(19)11-20-9-13(14(10-20)17(21)22)12-5-3-4-6-15(12)23-2/h3-8,13-14H,9-11H2,1-2H3,(H,21,22)/t13-,14+/m0/s1. The van der Waals surface area contributed by atoms with Gasteiger partial charge in [-0.05, 0) is 11.6 Å². The number of benzene rings is 1. The molecule has 2 atom stereocenters. The second kappa shape index (κ2) is 6.42. The van der Waals surface area contributed by atoms with Crippen LogP contribution in [-0.2, 0) is 18.4 Å². The van der Waals surface area contributed by atoms with Gasteiger partial charge in [0.1, 0.15) is 11.6 Å². The summed E-state index contributed by atoms with van der Waals surface area (Å²) in [5, 5.41) is 9.62. The van der Waals surface area contributed by atoms with Crippen molar-refractivity contribution in [3.63, 3.8) is 0 Å². The van der Waals surface area contributed by atoms with E-state index in [1.54, 1.807) is 13.3 Å². The number of ether oxygens (including phenoxy) is 1. The number of nitrogens with zero attached hydrogens (tertiary/aromatic N) is 3. The average Bonchev–Trinajstić information content (AvgIpc) is 3.14. The van der Waals surface area contributed by atoms with Crippen LogP contribution in [0.2, 0.25) is 0 Å². The van der Waals surface area contributed by atoms with Crippen LogP contribution in [0.3, 0.4) is 0 Å². The van der Waals surface area contributed by atoms with Gasteiger partial charge in [-0.1, -0.05) is 18.2 Å². The molecule has 1 aliphatic rings. The van der Waals surface area contributed by atoms with Crippen molar-refractivity contribution in [2.75, 3.05) is 20.2 Å². The van der Waals surface area contributed by atoms with Crippen LogP contribution in [0, 0.1) is 5.92 Å². The molecule has 2 aromatic rings. The first kappa shape index (κ1) is 15.6. The molecule has 0 aliphatic carbocycles. The number of aryl methyl sites for hydroxylation is 1. The first-order valence-electron chi connectivity index (χ1n) is 7.64. The fraction of sp³-hybridized carbons (Fsp3) is 0.412. The number of carboxylic acids is 1. The van der Waals surface area contributed by atoms with E-state index in [4.69, 9.17) is 4.74 Å². The van der Waals surface area contributed by atoms with Crippen molar-refractivity contribution in [1.82, 2.24) is 14.5 Å². The molecule has 1 aromatic heterocycles. The van der Waals surface area contributed by atoms with Gasteiger partial charge in [0, 0.05) is 38.4 Å². The normalized spacial score (nSPS) is 21.5. The number of para-hydroxylation sites is 1. The van der Waals surface area contributed by atoms with Crippen LogP contribution >= 0.6 is 0 Å². The van der Waals surface area contributed by atoms with E-state index in [0.29, 0.717) is 19.6 Å². The van der Waals surface area contributed by atoms with Crippen LogP contribution in [-0.4, -0.2) is 45.7 Å². The summed E-state index contributed by atoms with van der Waals surface area (Å²) in [6, 6.07) is 7.68. The molecule has 6 nitrogen and oxygen atoms in total. The van der Waals surface area contributed by atoms with Crippen molar-refractivity contribution in [2.45, 2.75) is 12.5 Å². The molecule has 1 aromatic carbocycles. The third kappa shape index (κ3) is 3.07. The molecule has 0 saturated carbocycles. The summed E-state index contributed by atoms with van der Waals surface area (Å²) in [6.45, 7) is 1.86. The molecule has 1 aliphatic heterocycles. The van der Waals surface area contributed by atoms with Crippen LogP contribution in [0.5, 0.6) is 5.75 Å². The molecule has 6 heteroatoms. The second-order valence-corrected chi connectivity index (χ2v) is 5.94. The summed E-state index contributed by atoms with van der Waals surface area (Å²) < 4.78 is 7.38. The fourth-order valence-electron chi connectivity index (χ4n) is 3.30. The second-order valence-electron chi connectivity index (χ2n) is 5.94. The van der Waals surface area contributed by atoms with E-state index in [1.165, 1.54) is 0 Å². The molecular formula is C17H21N3O3. The van der Waals surface area contributed by atoms with Gasteiger partial charge in [0.15, 0.2) is 0 Å². The number of hydrogen-bond acceptors (Lipinski definition) is 4. The Morgan fingerprint density at radius 1 is 1.39 bits per heavy atom. The van der Waals surface area contributed by atoms with Crippen LogP contribution in [0.25, 0.3) is 0 Å². The predicted molar refractivity (Wildman–Crippen MR) is 85.3 cm³/mol. The zero-order valence-corrected chi connectivity index (χ0v) is 13.3. The summed E-state index contributed by atoms with van der Waals surface area (Å²) in [5.41, 5.74) is 0.963. The zero-order valence-electron chi connectivity index (χ0n) is 13.3. The molecule has 23 heavy (non-hydrogen) atoms. The van der Waals surface area contributed by atoms with Gasteiger partial charge >= 0.3 is 5.97 Å². The number of rotatable bonds is 5. The number of hydrogen-bond donors (Lipinski definition) is 1. The molecule has 2 heterocycles. The van der Waals surface area contributed by atoms with Crippen LogP contribution in [0.15, 0.2) is 36.7 Å². The van der Waals surface area contributed by atoms with Crippen molar-refractivity contribution in [3.8, 4) is 5.75 Å². The highest BCUT2D eigenvalue weighted by Crippen LogP contribution is 2.37. The Hall–Kier alpha value is -2.34. The Morgan fingerprint density at radius 3 is 2.83 bits per heavy atom. The number of imidazole rings is 1. The first-order valence-corrected chi connectivity index (χ1v) is 7.64. The molecule has 0 spiro atoms. The maximum atomic E-state index is 11.7. The van der Waals surface area contributed by atoms with Crippen LogP contribution in [0.1, 0.15) is 17.3 Å². The van der Waals surface area contributed by atoms with Crippen molar-refractivity contribution < 1.29 is 14.6 Å². The van der Waals surface area contributed by atoms with Gasteiger partial charge in [-0.2, -0.15) is 0 Å². The SMILES string of the molecule is COc1ccccc1[C@@H]1CN(Cc2nccn2C)C[C@H]1C(=O)O. The minimum Gasteiger partial charge on any atom is -0.496 e. The zero-order chi connectivity index (χ0) is 16.4. The van der Waals surface area contributed by atoms with Crippen molar-refractivity contribution in [2.24, 2.45) is 13.0 Å². The van der Waals surface area contributed by atoms with Gasteiger partial charge in [0.25, 0.3) is 0 Å². The average molecular weight is 315 g/mol. The Kier molecular flexibility index (Phi) is 4.34. The van der Waals surface area contributed by atoms with E-state index >= 15 is 0 Å². The number of aliphatic carboxylic acids is 1. The maximum Gasteiger partial charge on any atom is 0.308 e. The lowest BCUT2D eigenvalue weighted by Gasteiger charge is -2.18. The van der Waals surface area contributed by atoms with Gasteiger partial charge in [0.2, 0.25) is 0 Å². The number of aromatic nitrogens is 2. The summed E-state index contributed by atoms with van der Waals surface area (Å²) in [4.78, 5) is 18.2. The quantitative estimate of drug-likeness (QED) is 0.910. The summed E-state index contributed by atoms with van der Waals surface area (Å²) in [5.74, 6) is 0.413. The van der Waals surface area contributed by atoms with E-state index in [2.05, 4.69) is 9.88 Å². The minimum absolute atomic E-state index is 0.0797. The van der Waals surface area contributed by atoms with E-state index in [-0.39, 0.29) is 5.92 Å². The lowest BCUT2D eigenvalue weighted by molar-refractivity contribution is -0.141. The van der Waals surface area contributed by atoms with Crippen molar-refractivity contribution in [1.29, 1.82) is 0 Å². The highest BCUT2D eigenvalue weighted by Gasteiger charge is 2.39. The van der Waals surface area contributed by atoms with Crippen molar-refractivity contribution >= 4 is 5.97 Å². The Labute approximate surface area is 135 Å². The smallest absolute Gasteiger partial charge is 0.308 e. The monoisotopic (exact) mass is 315 g/mol. The molecule has 0 radical (unpaired) electrons. The van der Waals surface area contributed by atoms with E-state index in [1.807, 2.05) is 42.1 Å². The minimum atomic E-state index is -0.761. The Morgan fingerprint density at radius 2 is 2.17 bits per heavy atom. The number of methoxy groups -OCH3 is 1. The molecule has 1 N–H and O–H groups in total. The highest BCUT2D eigenvalue weighted by molar-refractivity contribution is 5.72. The molecule has 0 bridgehead atoms. The molecule has 0 amide bonds. The lowest BCUT2D eigenvalue weighted by Crippen LogP contribution is -2.24. The van der Waals surface area contributed by atoms with Gasteiger partial charge < -0.3 is 14.4 Å². The Balaban J connectivity index is 1.84. The maximum absolute atomic E-state index is 11.7. The van der Waals surface area contributed by atoms with Gasteiger partial charge in [-0.15, -0.1) is 0 Å². The van der Waals surface area contributed by atoms with E-state index in [9.17, 15) is 9.90 Å². The number of carboxylic acid groups (broad SMARTS) is 1. The van der Waals surface area contributed by atoms with Gasteiger partial charge in [-0.3, -0.25) is 9.69 Å². The number of carbonyl (C=O) groups is 1. The van der Waals surface area contributed by atoms with Crippen LogP contribution < -0.4 is 4.74 Å². The Bertz CT molecular complexity index is 698. The summed E-state index contributed by atoms with van der Waals surface area (Å²) >= 11 is 0. The van der Waals surface area contributed by atoms with E-state index < -0.39 is 11.9 Å². The largest absolute Gasteiger partial charge is 0.496 e. The topological polar surface area (TPSA) is 67.6 Å². The fourth-order valence-corrected chi connectivity index (χ4v) is 3.30. The highest BCUT2D eigenvalue weighted by atomic mass is 16.5. The van der Waals surface area contributed by atoms with E-state index in [0.717, 1.165) is 17.1 Å². The van der Waals surface area contributed by atoms with Crippen molar-refractivity contribution in [3.05, 3.63) is 48.0 Å². The number of likely N-dealkylation sites (tertiary alicyclic amines) is 1. The summed E-state index contributed by atoms with van der Waals surface area (Å²) in [7, 11) is 3.57. The molecule has 0 unspecified atom stereocenters. The first-order chi connectivity index (χ1) is 11.1. The molecular weight excluding hydrogens is 294 g/mol. The third-order valence-electron chi connectivity index (χ3n) is 4.54. The van der Waals surface area contributed by atoms with Gasteiger partial charge in [0.05, 0.1) is 19.6 Å². The molecule has 3 rings (SSSR count). The van der Waals surface area contributed by atoms with Gasteiger partial charge in [-0.25, -0.2) is 4.98 Å². The predicted octanol–water partition coefficient (Wildman–Crippen LogP) is 1.73. The lowest BCUT2D eigenvalue weighted by atomic mass is 9.88. The summed E-state index contributed by atoms with van der Waals surface area (Å²) in [6.07, 6.45) is 3.66. The van der Waals surface area contributed by atoms with Crippen LogP contribution in [0.4, 0.5) is 0 Å². The molecule has 122 valence electrons.